The van der Waals surface area contributed by atoms with Crippen LogP contribution in [0.2, 0.25) is 0 Å². The van der Waals surface area contributed by atoms with E-state index in [9.17, 15) is 14.7 Å². The molecule has 0 saturated heterocycles. The van der Waals surface area contributed by atoms with Gasteiger partial charge in [0, 0.05) is 5.92 Å². The van der Waals surface area contributed by atoms with Gasteiger partial charge in [-0.15, -0.1) is 0 Å². The zero-order chi connectivity index (χ0) is 14.8. The molecule has 0 amide bonds. The number of aliphatic carboxylic acids is 2. The van der Waals surface area contributed by atoms with Crippen LogP contribution in [0.1, 0.15) is 32.3 Å². The largest absolute Gasteiger partial charge is 0.508 e. The Kier molecular flexibility index (Phi) is 4.19. The molecule has 0 bridgehead atoms. The van der Waals surface area contributed by atoms with Gasteiger partial charge in [0.1, 0.15) is 5.75 Å². The summed E-state index contributed by atoms with van der Waals surface area (Å²) in [6, 6.07) is 5.97. The standard InChI is InChI=1S/C14H18O5/c1-14(2,3)11(10(12(16)17)13(18)19)8-4-6-9(15)7-5-8/h4-7,10-11,15H,1-3H3,(H,16,17)(H,18,19). The van der Waals surface area contributed by atoms with Crippen LogP contribution in [0.5, 0.6) is 5.75 Å². The molecule has 1 aromatic carbocycles. The van der Waals surface area contributed by atoms with Crippen LogP contribution >= 0.6 is 0 Å². The van der Waals surface area contributed by atoms with Gasteiger partial charge in [-0.2, -0.15) is 0 Å². The highest BCUT2D eigenvalue weighted by atomic mass is 16.4. The molecule has 1 unspecified atom stereocenters. The van der Waals surface area contributed by atoms with E-state index >= 15 is 0 Å². The highest BCUT2D eigenvalue weighted by molar-refractivity contribution is 5.94. The van der Waals surface area contributed by atoms with Crippen LogP contribution in [0.15, 0.2) is 24.3 Å². The number of carboxylic acid groups (broad SMARTS) is 2. The van der Waals surface area contributed by atoms with Gasteiger partial charge in [0.2, 0.25) is 0 Å². The average molecular weight is 266 g/mol. The molecule has 0 aliphatic heterocycles. The number of carboxylic acids is 2. The van der Waals surface area contributed by atoms with Crippen LogP contribution in [0.25, 0.3) is 0 Å². The highest BCUT2D eigenvalue weighted by Gasteiger charge is 2.42. The van der Waals surface area contributed by atoms with Crippen molar-refractivity contribution in [2.24, 2.45) is 11.3 Å². The van der Waals surface area contributed by atoms with E-state index in [0.717, 1.165) is 0 Å². The van der Waals surface area contributed by atoms with Crippen molar-refractivity contribution in [3.05, 3.63) is 29.8 Å². The van der Waals surface area contributed by atoms with Crippen molar-refractivity contribution in [3.8, 4) is 5.75 Å². The second-order valence-corrected chi connectivity index (χ2v) is 5.59. The molecule has 3 N–H and O–H groups in total. The molecule has 0 fully saturated rings. The van der Waals surface area contributed by atoms with Crippen molar-refractivity contribution in [2.75, 3.05) is 0 Å². The van der Waals surface area contributed by atoms with Crippen LogP contribution in [0, 0.1) is 11.3 Å². The van der Waals surface area contributed by atoms with Gasteiger partial charge in [-0.05, 0) is 23.1 Å². The Hall–Kier alpha value is -2.04. The van der Waals surface area contributed by atoms with Gasteiger partial charge in [-0.3, -0.25) is 9.59 Å². The van der Waals surface area contributed by atoms with Gasteiger partial charge in [0.15, 0.2) is 5.92 Å². The van der Waals surface area contributed by atoms with Crippen LogP contribution in [-0.4, -0.2) is 27.3 Å². The second kappa shape index (κ2) is 5.30. The van der Waals surface area contributed by atoms with E-state index in [1.54, 1.807) is 32.9 Å². The Labute approximate surface area is 111 Å². The van der Waals surface area contributed by atoms with Crippen LogP contribution in [0.3, 0.4) is 0 Å². The predicted octanol–water partition coefficient (Wildman–Crippen LogP) is 2.31. The minimum absolute atomic E-state index is 0.0543. The van der Waals surface area contributed by atoms with E-state index in [1.165, 1.54) is 12.1 Å². The Morgan fingerprint density at radius 1 is 1.00 bits per heavy atom. The third-order valence-corrected chi connectivity index (χ3v) is 3.05. The van der Waals surface area contributed by atoms with Gasteiger partial charge in [0.25, 0.3) is 0 Å². The van der Waals surface area contributed by atoms with E-state index in [-0.39, 0.29) is 5.75 Å². The SMILES string of the molecule is CC(C)(C)C(c1ccc(O)cc1)C(C(=O)O)C(=O)O. The number of carbonyl (C=O) groups is 2. The first-order valence-corrected chi connectivity index (χ1v) is 5.89. The first-order valence-electron chi connectivity index (χ1n) is 5.89. The van der Waals surface area contributed by atoms with Gasteiger partial charge in [-0.1, -0.05) is 32.9 Å². The molecule has 0 aliphatic rings. The molecule has 19 heavy (non-hydrogen) atoms. The molecule has 0 aliphatic carbocycles. The summed E-state index contributed by atoms with van der Waals surface area (Å²) in [6.07, 6.45) is 0. The number of benzene rings is 1. The molecule has 0 radical (unpaired) electrons. The van der Waals surface area contributed by atoms with Gasteiger partial charge in [0.05, 0.1) is 0 Å². The fraction of sp³-hybridized carbons (Fsp3) is 0.429. The summed E-state index contributed by atoms with van der Waals surface area (Å²) < 4.78 is 0. The van der Waals surface area contributed by atoms with Crippen molar-refractivity contribution in [1.82, 2.24) is 0 Å². The molecular formula is C14H18O5. The van der Waals surface area contributed by atoms with Crippen molar-refractivity contribution in [2.45, 2.75) is 26.7 Å². The molecule has 0 aromatic heterocycles. The number of hydrogen-bond donors (Lipinski definition) is 3. The molecule has 1 atom stereocenters. The lowest BCUT2D eigenvalue weighted by Gasteiger charge is -2.33. The lowest BCUT2D eigenvalue weighted by molar-refractivity contribution is -0.157. The molecule has 5 heteroatoms. The zero-order valence-electron chi connectivity index (χ0n) is 11.1. The summed E-state index contributed by atoms with van der Waals surface area (Å²) in [6.45, 7) is 5.39. The maximum atomic E-state index is 11.2. The first-order chi connectivity index (χ1) is 8.64. The smallest absolute Gasteiger partial charge is 0.318 e. The third-order valence-electron chi connectivity index (χ3n) is 3.05. The molecule has 0 saturated carbocycles. The average Bonchev–Trinajstić information content (AvgIpc) is 2.24. The monoisotopic (exact) mass is 266 g/mol. The fourth-order valence-corrected chi connectivity index (χ4v) is 2.26. The van der Waals surface area contributed by atoms with E-state index < -0.39 is 29.2 Å². The molecular weight excluding hydrogens is 248 g/mol. The molecule has 0 heterocycles. The van der Waals surface area contributed by atoms with Crippen molar-refractivity contribution < 1.29 is 24.9 Å². The quantitative estimate of drug-likeness (QED) is 0.727. The first kappa shape index (κ1) is 15.0. The van der Waals surface area contributed by atoms with Crippen molar-refractivity contribution >= 4 is 11.9 Å². The minimum atomic E-state index is -1.52. The summed E-state index contributed by atoms with van der Waals surface area (Å²) in [4.78, 5) is 22.5. The topological polar surface area (TPSA) is 94.8 Å². The molecule has 1 aromatic rings. The lowest BCUT2D eigenvalue weighted by atomic mass is 9.69. The molecule has 5 nitrogen and oxygen atoms in total. The van der Waals surface area contributed by atoms with Gasteiger partial charge >= 0.3 is 11.9 Å². The van der Waals surface area contributed by atoms with E-state index in [1.807, 2.05) is 0 Å². The maximum absolute atomic E-state index is 11.2. The van der Waals surface area contributed by atoms with E-state index in [4.69, 9.17) is 10.2 Å². The van der Waals surface area contributed by atoms with Crippen molar-refractivity contribution in [3.63, 3.8) is 0 Å². The Morgan fingerprint density at radius 3 is 1.74 bits per heavy atom. The normalized spacial score (nSPS) is 13.3. The Morgan fingerprint density at radius 2 is 1.42 bits per heavy atom. The zero-order valence-corrected chi connectivity index (χ0v) is 11.1. The summed E-state index contributed by atoms with van der Waals surface area (Å²) in [5, 5.41) is 27.6. The minimum Gasteiger partial charge on any atom is -0.508 e. The van der Waals surface area contributed by atoms with Crippen molar-refractivity contribution in [1.29, 1.82) is 0 Å². The number of rotatable bonds is 4. The van der Waals surface area contributed by atoms with Gasteiger partial charge in [-0.25, -0.2) is 0 Å². The van der Waals surface area contributed by atoms with E-state index in [2.05, 4.69) is 0 Å². The van der Waals surface area contributed by atoms with Gasteiger partial charge < -0.3 is 15.3 Å². The fourth-order valence-electron chi connectivity index (χ4n) is 2.26. The molecule has 104 valence electrons. The third kappa shape index (κ3) is 3.47. The number of aromatic hydroxyl groups is 1. The summed E-state index contributed by atoms with van der Waals surface area (Å²) >= 11 is 0. The summed E-state index contributed by atoms with van der Waals surface area (Å²) in [5.41, 5.74) is 0.0402. The Balaban J connectivity index is 3.33. The van der Waals surface area contributed by atoms with E-state index in [0.29, 0.717) is 5.56 Å². The lowest BCUT2D eigenvalue weighted by Crippen LogP contribution is -2.36. The Bertz CT molecular complexity index is 456. The van der Waals surface area contributed by atoms with Crippen LogP contribution in [-0.2, 0) is 9.59 Å². The molecule has 1 rings (SSSR count). The summed E-state index contributed by atoms with van der Waals surface area (Å²) in [5.74, 6) is -4.88. The summed E-state index contributed by atoms with van der Waals surface area (Å²) in [7, 11) is 0. The number of phenols is 1. The van der Waals surface area contributed by atoms with Crippen LogP contribution in [0.4, 0.5) is 0 Å². The maximum Gasteiger partial charge on any atom is 0.318 e. The number of hydrogen-bond acceptors (Lipinski definition) is 3. The predicted molar refractivity (Wildman–Crippen MR) is 69.1 cm³/mol. The highest BCUT2D eigenvalue weighted by Crippen LogP contribution is 2.41. The van der Waals surface area contributed by atoms with Crippen LogP contribution < -0.4 is 0 Å². The molecule has 0 spiro atoms. The number of phenolic OH excluding ortho intramolecular Hbond substituents is 1. The second-order valence-electron chi connectivity index (χ2n) is 5.59.